The van der Waals surface area contributed by atoms with E-state index in [0.717, 1.165) is 12.8 Å². The minimum atomic E-state index is -0.442. The third kappa shape index (κ3) is 6.56. The molecule has 0 aromatic heterocycles. The minimum absolute atomic E-state index is 0.00275. The number of nitrogens with one attached hydrogen (secondary N) is 1. The van der Waals surface area contributed by atoms with Gasteiger partial charge in [-0.1, -0.05) is 18.2 Å². The maximum absolute atomic E-state index is 13.4. The number of hydrogen-bond donors (Lipinski definition) is 1. The van der Waals surface area contributed by atoms with Crippen LogP contribution in [0.25, 0.3) is 6.08 Å². The lowest BCUT2D eigenvalue weighted by Crippen LogP contribution is -2.32. The van der Waals surface area contributed by atoms with Crippen LogP contribution in [0.15, 0.2) is 48.0 Å². The van der Waals surface area contributed by atoms with Gasteiger partial charge in [-0.2, -0.15) is 5.26 Å². The van der Waals surface area contributed by atoms with Crippen LogP contribution in [0.3, 0.4) is 0 Å². The maximum atomic E-state index is 13.4. The number of rotatable bonds is 9. The van der Waals surface area contributed by atoms with Crippen LogP contribution in [0.1, 0.15) is 30.9 Å². The van der Waals surface area contributed by atoms with E-state index in [1.165, 1.54) is 18.2 Å². The third-order valence-electron chi connectivity index (χ3n) is 4.74. The highest BCUT2D eigenvalue weighted by atomic mass is 19.1. The number of carbonyl (C=O) groups is 1. The van der Waals surface area contributed by atoms with Gasteiger partial charge in [0.15, 0.2) is 11.5 Å². The highest BCUT2D eigenvalue weighted by Gasteiger charge is 2.18. The van der Waals surface area contributed by atoms with Crippen molar-refractivity contribution in [1.82, 2.24) is 5.32 Å². The van der Waals surface area contributed by atoms with Gasteiger partial charge in [-0.05, 0) is 61.2 Å². The molecule has 0 saturated carbocycles. The first-order valence-corrected chi connectivity index (χ1v) is 10.2. The summed E-state index contributed by atoms with van der Waals surface area (Å²) >= 11 is 0. The molecule has 6 nitrogen and oxygen atoms in total. The molecule has 7 heteroatoms. The first-order valence-electron chi connectivity index (χ1n) is 10.2. The average molecular weight is 424 g/mol. The van der Waals surface area contributed by atoms with Crippen LogP contribution in [0.2, 0.25) is 0 Å². The van der Waals surface area contributed by atoms with Crippen molar-refractivity contribution in [2.45, 2.75) is 32.5 Å². The number of carbonyl (C=O) groups excluding carboxylic acids is 1. The van der Waals surface area contributed by atoms with E-state index in [9.17, 15) is 14.4 Å². The average Bonchev–Trinajstić information content (AvgIpc) is 3.29. The summed E-state index contributed by atoms with van der Waals surface area (Å²) in [7, 11) is 0. The van der Waals surface area contributed by atoms with Crippen LogP contribution < -0.4 is 14.8 Å². The van der Waals surface area contributed by atoms with E-state index < -0.39 is 5.91 Å². The summed E-state index contributed by atoms with van der Waals surface area (Å²) in [5.41, 5.74) is 1.32. The molecule has 1 saturated heterocycles. The Morgan fingerprint density at radius 1 is 1.29 bits per heavy atom. The Morgan fingerprint density at radius 2 is 2.16 bits per heavy atom. The van der Waals surface area contributed by atoms with Crippen molar-refractivity contribution >= 4 is 12.0 Å². The fourth-order valence-corrected chi connectivity index (χ4v) is 3.21. The SMILES string of the molecule is CCOc1cc(/C=C(\C#N)C(=O)NC[C@@H]2CCCO2)ccc1OCc1cccc(F)c1. The molecule has 31 heavy (non-hydrogen) atoms. The molecule has 0 aliphatic carbocycles. The fourth-order valence-electron chi connectivity index (χ4n) is 3.21. The summed E-state index contributed by atoms with van der Waals surface area (Å²) in [6, 6.07) is 13.3. The lowest BCUT2D eigenvalue weighted by atomic mass is 10.1. The third-order valence-corrected chi connectivity index (χ3v) is 4.74. The Balaban J connectivity index is 1.70. The van der Waals surface area contributed by atoms with Gasteiger partial charge in [-0.3, -0.25) is 4.79 Å². The molecule has 1 aliphatic rings. The monoisotopic (exact) mass is 424 g/mol. The van der Waals surface area contributed by atoms with Crippen LogP contribution >= 0.6 is 0 Å². The summed E-state index contributed by atoms with van der Waals surface area (Å²) in [5, 5.41) is 12.2. The Kier molecular flexibility index (Phi) is 8.02. The Hall–Kier alpha value is -3.37. The van der Waals surface area contributed by atoms with Gasteiger partial charge in [0.1, 0.15) is 24.1 Å². The topological polar surface area (TPSA) is 80.6 Å². The van der Waals surface area contributed by atoms with Crippen molar-refractivity contribution < 1.29 is 23.4 Å². The van der Waals surface area contributed by atoms with Crippen LogP contribution in [-0.2, 0) is 16.1 Å². The largest absolute Gasteiger partial charge is 0.490 e. The van der Waals surface area contributed by atoms with E-state index in [0.29, 0.717) is 42.4 Å². The molecule has 162 valence electrons. The van der Waals surface area contributed by atoms with E-state index in [-0.39, 0.29) is 24.1 Å². The number of ether oxygens (including phenoxy) is 3. The Bertz CT molecular complexity index is 978. The minimum Gasteiger partial charge on any atom is -0.490 e. The van der Waals surface area contributed by atoms with Crippen LogP contribution in [-0.4, -0.2) is 31.8 Å². The molecule has 0 radical (unpaired) electrons. The van der Waals surface area contributed by atoms with E-state index in [4.69, 9.17) is 14.2 Å². The van der Waals surface area contributed by atoms with Gasteiger partial charge in [-0.25, -0.2) is 4.39 Å². The Labute approximate surface area is 181 Å². The van der Waals surface area contributed by atoms with Gasteiger partial charge in [0, 0.05) is 13.2 Å². The summed E-state index contributed by atoms with van der Waals surface area (Å²) in [5.74, 6) is 0.199. The molecule has 0 bridgehead atoms. The van der Waals surface area contributed by atoms with Crippen molar-refractivity contribution in [3.8, 4) is 17.6 Å². The molecule has 2 aromatic carbocycles. The normalized spacial score (nSPS) is 15.9. The second-order valence-corrected chi connectivity index (χ2v) is 7.07. The first-order chi connectivity index (χ1) is 15.1. The van der Waals surface area contributed by atoms with Crippen molar-refractivity contribution in [3.63, 3.8) is 0 Å². The molecule has 2 aromatic rings. The van der Waals surface area contributed by atoms with Gasteiger partial charge < -0.3 is 19.5 Å². The highest BCUT2D eigenvalue weighted by molar-refractivity contribution is 6.01. The van der Waals surface area contributed by atoms with Gasteiger partial charge in [0.25, 0.3) is 5.91 Å². The number of halogens is 1. The molecule has 1 atom stereocenters. The maximum Gasteiger partial charge on any atom is 0.262 e. The summed E-state index contributed by atoms with van der Waals surface area (Å²) in [4.78, 5) is 12.4. The molecular formula is C24H25FN2O4. The van der Waals surface area contributed by atoms with E-state index in [1.807, 2.05) is 13.0 Å². The molecule has 1 aliphatic heterocycles. The molecule has 1 N–H and O–H groups in total. The highest BCUT2D eigenvalue weighted by Crippen LogP contribution is 2.30. The van der Waals surface area contributed by atoms with Gasteiger partial charge in [0.2, 0.25) is 0 Å². The lowest BCUT2D eigenvalue weighted by molar-refractivity contribution is -0.117. The quantitative estimate of drug-likeness (QED) is 0.486. The zero-order valence-corrected chi connectivity index (χ0v) is 17.4. The van der Waals surface area contributed by atoms with Crippen LogP contribution in [0, 0.1) is 17.1 Å². The predicted molar refractivity (Wildman–Crippen MR) is 114 cm³/mol. The van der Waals surface area contributed by atoms with Gasteiger partial charge in [0.05, 0.1) is 12.7 Å². The fraction of sp³-hybridized carbons (Fsp3) is 0.333. The van der Waals surface area contributed by atoms with Gasteiger partial charge >= 0.3 is 0 Å². The van der Waals surface area contributed by atoms with Crippen LogP contribution in [0.4, 0.5) is 4.39 Å². The van der Waals surface area contributed by atoms with Gasteiger partial charge in [-0.15, -0.1) is 0 Å². The van der Waals surface area contributed by atoms with Crippen molar-refractivity contribution in [2.24, 2.45) is 0 Å². The second kappa shape index (κ2) is 11.1. The zero-order chi connectivity index (χ0) is 22.1. The number of nitrogens with zero attached hydrogens (tertiary/aromatic N) is 1. The number of hydrogen-bond acceptors (Lipinski definition) is 5. The zero-order valence-electron chi connectivity index (χ0n) is 17.4. The molecule has 0 unspecified atom stereocenters. The number of benzene rings is 2. The summed E-state index contributed by atoms with van der Waals surface area (Å²) in [6.45, 7) is 3.53. The standard InChI is InChI=1S/C24H25FN2O4/c1-2-29-23-13-17(8-9-22(23)31-16-18-5-3-6-20(25)12-18)11-19(14-26)24(28)27-15-21-7-4-10-30-21/h3,5-6,8-9,11-13,21H,2,4,7,10,15-16H2,1H3,(H,27,28)/b19-11+/t21-/m0/s1. The molecule has 1 fully saturated rings. The molecule has 1 amide bonds. The summed E-state index contributed by atoms with van der Waals surface area (Å²) < 4.78 is 30.3. The number of nitriles is 1. The van der Waals surface area contributed by atoms with Crippen LogP contribution in [0.5, 0.6) is 11.5 Å². The Morgan fingerprint density at radius 3 is 2.87 bits per heavy atom. The molecular weight excluding hydrogens is 399 g/mol. The smallest absolute Gasteiger partial charge is 0.262 e. The molecule has 1 heterocycles. The van der Waals surface area contributed by atoms with Crippen molar-refractivity contribution in [3.05, 3.63) is 65.0 Å². The first kappa shape index (κ1) is 22.3. The van der Waals surface area contributed by atoms with Crippen molar-refractivity contribution in [1.29, 1.82) is 5.26 Å². The van der Waals surface area contributed by atoms with E-state index >= 15 is 0 Å². The van der Waals surface area contributed by atoms with Crippen molar-refractivity contribution in [2.75, 3.05) is 19.8 Å². The molecule has 0 spiro atoms. The lowest BCUT2D eigenvalue weighted by Gasteiger charge is -2.13. The summed E-state index contributed by atoms with van der Waals surface area (Å²) in [6.07, 6.45) is 3.39. The molecule has 3 rings (SSSR count). The predicted octanol–water partition coefficient (Wildman–Crippen LogP) is 4.01. The second-order valence-electron chi connectivity index (χ2n) is 7.07. The van der Waals surface area contributed by atoms with E-state index in [1.54, 1.807) is 30.3 Å². The number of amides is 1. The van der Waals surface area contributed by atoms with E-state index in [2.05, 4.69) is 5.32 Å².